The van der Waals surface area contributed by atoms with E-state index in [1.54, 1.807) is 12.1 Å². The summed E-state index contributed by atoms with van der Waals surface area (Å²) in [6.45, 7) is 1.10. The molecule has 4 N–H and O–H groups in total. The molecule has 3 aromatic rings. The number of nitrogens with two attached hydrogens (primary N) is 1. The second-order valence-corrected chi connectivity index (χ2v) is 5.41. The van der Waals surface area contributed by atoms with Crippen LogP contribution in [-0.4, -0.2) is 16.6 Å². The van der Waals surface area contributed by atoms with Crippen molar-refractivity contribution in [1.82, 2.24) is 4.98 Å². The van der Waals surface area contributed by atoms with Gasteiger partial charge in [0.05, 0.1) is 12.2 Å². The van der Waals surface area contributed by atoms with Crippen LogP contribution in [-0.2, 0) is 6.42 Å². The number of fused-ring (bicyclic) bond motifs is 3. The lowest BCUT2D eigenvalue weighted by molar-refractivity contribution is -0.690. The van der Waals surface area contributed by atoms with Gasteiger partial charge in [-0.15, -0.1) is 0 Å². The molecule has 0 unspecified atom stereocenters. The van der Waals surface area contributed by atoms with Gasteiger partial charge in [-0.05, 0) is 35.9 Å². The van der Waals surface area contributed by atoms with Crippen LogP contribution in [0.1, 0.15) is 22.9 Å². The van der Waals surface area contributed by atoms with Crippen LogP contribution in [0.4, 0.5) is 0 Å². The molecule has 0 radical (unpaired) electrons. The van der Waals surface area contributed by atoms with Crippen molar-refractivity contribution in [3.8, 4) is 5.75 Å². The number of quaternary nitrogens is 1. The summed E-state index contributed by atoms with van der Waals surface area (Å²) in [4.78, 5) is 3.59. The molecule has 0 fully saturated rings. The third-order valence-corrected chi connectivity index (χ3v) is 4.21. The second kappa shape index (κ2) is 4.39. The summed E-state index contributed by atoms with van der Waals surface area (Å²) in [5.41, 5.74) is 5.20. The summed E-state index contributed by atoms with van der Waals surface area (Å²) < 4.78 is 0. The molecule has 0 bridgehead atoms. The van der Waals surface area contributed by atoms with Crippen molar-refractivity contribution in [2.24, 2.45) is 0 Å². The first-order valence-corrected chi connectivity index (χ1v) is 7.04. The molecule has 0 amide bonds. The Morgan fingerprint density at radius 2 is 1.85 bits per heavy atom. The molecule has 100 valence electrons. The normalized spacial score (nSPS) is 18.1. The monoisotopic (exact) mass is 265 g/mol. The molecule has 0 saturated carbocycles. The van der Waals surface area contributed by atoms with Crippen molar-refractivity contribution in [3.05, 3.63) is 65.4 Å². The van der Waals surface area contributed by atoms with Gasteiger partial charge in [0.1, 0.15) is 5.75 Å². The molecule has 1 aliphatic rings. The maximum Gasteiger partial charge on any atom is 0.153 e. The number of H-pyrrole nitrogens is 1. The number of phenolic OH excluding ortho intramolecular Hbond substituents is 1. The van der Waals surface area contributed by atoms with Crippen molar-refractivity contribution in [3.63, 3.8) is 0 Å². The fourth-order valence-electron chi connectivity index (χ4n) is 3.25. The van der Waals surface area contributed by atoms with E-state index in [1.807, 2.05) is 12.1 Å². The van der Waals surface area contributed by atoms with Crippen molar-refractivity contribution in [2.75, 3.05) is 6.54 Å². The predicted octanol–water partition coefficient (Wildman–Crippen LogP) is 2.08. The Kier molecular flexibility index (Phi) is 2.54. The van der Waals surface area contributed by atoms with E-state index < -0.39 is 0 Å². The summed E-state index contributed by atoms with van der Waals surface area (Å²) in [6.07, 6.45) is 1.11. The highest BCUT2D eigenvalue weighted by Crippen LogP contribution is 2.30. The molecule has 0 saturated heterocycles. The molecule has 2 heterocycles. The van der Waals surface area contributed by atoms with E-state index in [0.717, 1.165) is 13.0 Å². The zero-order valence-electron chi connectivity index (χ0n) is 11.1. The fourth-order valence-corrected chi connectivity index (χ4v) is 3.25. The summed E-state index contributed by atoms with van der Waals surface area (Å²) in [5.74, 6) is 0.321. The first-order valence-electron chi connectivity index (χ1n) is 7.04. The molecule has 0 aliphatic carbocycles. The molecular formula is C17H17N2O+. The van der Waals surface area contributed by atoms with Gasteiger partial charge in [0.15, 0.2) is 6.04 Å². The Bertz CT molecular complexity index is 758. The number of hydrogen-bond donors (Lipinski definition) is 3. The minimum Gasteiger partial charge on any atom is -0.508 e. The van der Waals surface area contributed by atoms with Crippen LogP contribution in [0.5, 0.6) is 5.75 Å². The van der Waals surface area contributed by atoms with Gasteiger partial charge in [-0.1, -0.05) is 18.2 Å². The third kappa shape index (κ3) is 1.71. The minimum atomic E-state index is 0.298. The van der Waals surface area contributed by atoms with Crippen molar-refractivity contribution >= 4 is 10.9 Å². The molecule has 1 aliphatic heterocycles. The fraction of sp³-hybridized carbons (Fsp3) is 0.176. The molecule has 3 heteroatoms. The smallest absolute Gasteiger partial charge is 0.153 e. The highest BCUT2D eigenvalue weighted by Gasteiger charge is 2.28. The molecule has 1 aromatic heterocycles. The summed E-state index contributed by atoms with van der Waals surface area (Å²) in [6, 6.07) is 16.4. The van der Waals surface area contributed by atoms with Crippen molar-refractivity contribution < 1.29 is 10.4 Å². The average molecular weight is 265 g/mol. The zero-order chi connectivity index (χ0) is 13.5. The van der Waals surface area contributed by atoms with Gasteiger partial charge in [-0.2, -0.15) is 0 Å². The Morgan fingerprint density at radius 3 is 2.70 bits per heavy atom. The molecule has 2 aromatic carbocycles. The molecule has 4 rings (SSSR count). The van der Waals surface area contributed by atoms with Crippen LogP contribution in [0, 0.1) is 0 Å². The van der Waals surface area contributed by atoms with E-state index in [2.05, 4.69) is 34.6 Å². The van der Waals surface area contributed by atoms with E-state index in [1.165, 1.54) is 27.7 Å². The lowest BCUT2D eigenvalue weighted by atomic mass is 9.94. The maximum absolute atomic E-state index is 9.45. The standard InChI is InChI=1S/C17H16N2O/c20-12-7-5-11(6-8-12)16-17-14(9-10-18-16)13-3-1-2-4-15(13)19-17/h1-8,16,18-20H,9-10H2/p+1/t16-/m1/s1. The van der Waals surface area contributed by atoms with Gasteiger partial charge in [-0.3, -0.25) is 0 Å². The van der Waals surface area contributed by atoms with Crippen LogP contribution in [0.15, 0.2) is 48.5 Å². The van der Waals surface area contributed by atoms with Gasteiger partial charge < -0.3 is 15.4 Å². The minimum absolute atomic E-state index is 0.298. The third-order valence-electron chi connectivity index (χ3n) is 4.21. The molecule has 20 heavy (non-hydrogen) atoms. The number of benzene rings is 2. The first-order chi connectivity index (χ1) is 9.83. The van der Waals surface area contributed by atoms with Gasteiger partial charge in [-0.25, -0.2) is 0 Å². The van der Waals surface area contributed by atoms with Gasteiger partial charge in [0.2, 0.25) is 0 Å². The lowest BCUT2D eigenvalue weighted by Crippen LogP contribution is -2.87. The average Bonchev–Trinajstić information content (AvgIpc) is 2.87. The van der Waals surface area contributed by atoms with Crippen LogP contribution in [0.2, 0.25) is 0 Å². The van der Waals surface area contributed by atoms with Gasteiger partial charge >= 0.3 is 0 Å². The highest BCUT2D eigenvalue weighted by molar-refractivity contribution is 5.85. The van der Waals surface area contributed by atoms with Gasteiger partial charge in [0.25, 0.3) is 0 Å². The second-order valence-electron chi connectivity index (χ2n) is 5.41. The number of hydrogen-bond acceptors (Lipinski definition) is 1. The number of aromatic amines is 1. The molecule has 0 spiro atoms. The van der Waals surface area contributed by atoms with Crippen LogP contribution in [0.25, 0.3) is 10.9 Å². The first kappa shape index (κ1) is 11.6. The topological polar surface area (TPSA) is 52.6 Å². The van der Waals surface area contributed by atoms with E-state index in [4.69, 9.17) is 0 Å². The number of nitrogens with one attached hydrogen (secondary N) is 1. The van der Waals surface area contributed by atoms with Crippen molar-refractivity contribution in [2.45, 2.75) is 12.5 Å². The largest absolute Gasteiger partial charge is 0.508 e. The number of rotatable bonds is 1. The Hall–Kier alpha value is -2.26. The SMILES string of the molecule is Oc1ccc([C@H]2[NH2+]CCc3c2[nH]c2ccccc32)cc1. The zero-order valence-corrected chi connectivity index (χ0v) is 11.1. The Morgan fingerprint density at radius 1 is 1.05 bits per heavy atom. The van der Waals surface area contributed by atoms with E-state index in [9.17, 15) is 5.11 Å². The quantitative estimate of drug-likeness (QED) is 0.620. The van der Waals surface area contributed by atoms with E-state index in [-0.39, 0.29) is 0 Å². The summed E-state index contributed by atoms with van der Waals surface area (Å²) >= 11 is 0. The van der Waals surface area contributed by atoms with E-state index >= 15 is 0 Å². The Labute approximate surface area is 117 Å². The van der Waals surface area contributed by atoms with Gasteiger partial charge in [0, 0.05) is 22.9 Å². The highest BCUT2D eigenvalue weighted by atomic mass is 16.3. The maximum atomic E-state index is 9.45. The molecule has 1 atom stereocenters. The lowest BCUT2D eigenvalue weighted by Gasteiger charge is -2.21. The number of aromatic hydroxyl groups is 1. The van der Waals surface area contributed by atoms with Crippen LogP contribution < -0.4 is 5.32 Å². The number of aromatic nitrogens is 1. The Balaban J connectivity index is 1.87. The van der Waals surface area contributed by atoms with Crippen LogP contribution in [0.3, 0.4) is 0 Å². The summed E-state index contributed by atoms with van der Waals surface area (Å²) in [5, 5.41) is 13.2. The summed E-state index contributed by atoms with van der Waals surface area (Å²) in [7, 11) is 0. The molecule has 3 nitrogen and oxygen atoms in total. The van der Waals surface area contributed by atoms with Crippen LogP contribution >= 0.6 is 0 Å². The molecular weight excluding hydrogens is 248 g/mol. The van der Waals surface area contributed by atoms with E-state index in [0.29, 0.717) is 11.8 Å². The van der Waals surface area contributed by atoms with Crippen molar-refractivity contribution in [1.29, 1.82) is 0 Å². The predicted molar refractivity (Wildman–Crippen MR) is 78.7 cm³/mol. The number of para-hydroxylation sites is 1. The number of phenols is 1.